The first-order valence-corrected chi connectivity index (χ1v) is 6.97. The molecule has 0 aromatic heterocycles. The summed E-state index contributed by atoms with van der Waals surface area (Å²) < 4.78 is 19.6. The first-order valence-electron chi connectivity index (χ1n) is 6.97. The van der Waals surface area contributed by atoms with Gasteiger partial charge in [0.15, 0.2) is 11.6 Å². The number of ether oxygens (including phenoxy) is 1. The van der Waals surface area contributed by atoms with Gasteiger partial charge in [0.05, 0.1) is 6.61 Å². The molecule has 0 spiro atoms. The Morgan fingerprint density at radius 3 is 2.80 bits per heavy atom. The van der Waals surface area contributed by atoms with Gasteiger partial charge in [-0.1, -0.05) is 36.4 Å². The van der Waals surface area contributed by atoms with E-state index in [1.165, 1.54) is 17.2 Å². The van der Waals surface area contributed by atoms with E-state index in [0.717, 1.165) is 12.0 Å². The van der Waals surface area contributed by atoms with E-state index in [4.69, 9.17) is 10.5 Å². The van der Waals surface area contributed by atoms with Crippen LogP contribution in [-0.2, 0) is 12.8 Å². The Hall–Kier alpha value is -1.87. The van der Waals surface area contributed by atoms with Crippen LogP contribution in [0.2, 0.25) is 0 Å². The van der Waals surface area contributed by atoms with Crippen LogP contribution in [0.25, 0.3) is 0 Å². The van der Waals surface area contributed by atoms with Crippen molar-refractivity contribution in [2.24, 2.45) is 5.73 Å². The monoisotopic (exact) mass is 271 g/mol. The van der Waals surface area contributed by atoms with E-state index in [9.17, 15) is 4.39 Å². The van der Waals surface area contributed by atoms with Crippen molar-refractivity contribution in [3.8, 4) is 5.75 Å². The Morgan fingerprint density at radius 2 is 2.00 bits per heavy atom. The minimum absolute atomic E-state index is 0.302. The number of halogens is 1. The molecule has 104 valence electrons. The smallest absolute Gasteiger partial charge is 0.165 e. The van der Waals surface area contributed by atoms with Gasteiger partial charge in [0.2, 0.25) is 0 Å². The number of rotatable bonds is 5. The van der Waals surface area contributed by atoms with Crippen molar-refractivity contribution >= 4 is 0 Å². The zero-order valence-electron chi connectivity index (χ0n) is 11.3. The predicted molar refractivity (Wildman–Crippen MR) is 77.5 cm³/mol. The maximum atomic E-state index is 13.9. The van der Waals surface area contributed by atoms with Crippen LogP contribution in [0.4, 0.5) is 4.39 Å². The maximum Gasteiger partial charge on any atom is 0.165 e. The summed E-state index contributed by atoms with van der Waals surface area (Å²) in [5, 5.41) is 0. The zero-order chi connectivity index (χ0) is 13.9. The Morgan fingerprint density at radius 1 is 1.15 bits per heavy atom. The lowest BCUT2D eigenvalue weighted by atomic mass is 9.78. The summed E-state index contributed by atoms with van der Waals surface area (Å²) in [6.45, 7) is 1.02. The van der Waals surface area contributed by atoms with Gasteiger partial charge in [0.1, 0.15) is 0 Å². The fraction of sp³-hybridized carbons (Fsp3) is 0.294. The quantitative estimate of drug-likeness (QED) is 0.907. The molecule has 1 aliphatic rings. The molecule has 1 unspecified atom stereocenters. The number of nitrogens with two attached hydrogens (primary N) is 1. The van der Waals surface area contributed by atoms with Crippen molar-refractivity contribution in [3.63, 3.8) is 0 Å². The summed E-state index contributed by atoms with van der Waals surface area (Å²) in [6.07, 6.45) is 1.64. The van der Waals surface area contributed by atoms with E-state index in [1.54, 1.807) is 6.07 Å². The van der Waals surface area contributed by atoms with Crippen LogP contribution in [0.1, 0.15) is 22.6 Å². The zero-order valence-corrected chi connectivity index (χ0v) is 11.3. The second kappa shape index (κ2) is 5.63. The van der Waals surface area contributed by atoms with Crippen molar-refractivity contribution in [3.05, 3.63) is 65.0 Å². The molecule has 2 N–H and O–H groups in total. The van der Waals surface area contributed by atoms with Crippen LogP contribution >= 0.6 is 0 Å². The third kappa shape index (κ3) is 2.41. The summed E-state index contributed by atoms with van der Waals surface area (Å²) in [5.41, 5.74) is 9.10. The predicted octanol–water partition coefficient (Wildman–Crippen LogP) is 3.05. The largest absolute Gasteiger partial charge is 0.490 e. The van der Waals surface area contributed by atoms with Gasteiger partial charge in [0.25, 0.3) is 0 Å². The molecule has 0 bridgehead atoms. The average Bonchev–Trinajstić information content (AvgIpc) is 2.43. The highest BCUT2D eigenvalue weighted by Crippen LogP contribution is 2.35. The number of benzene rings is 2. The van der Waals surface area contributed by atoms with E-state index < -0.39 is 0 Å². The number of hydrogen-bond acceptors (Lipinski definition) is 2. The molecule has 0 heterocycles. The molecule has 2 aromatic carbocycles. The Balaban J connectivity index is 1.71. The number of para-hydroxylation sites is 1. The van der Waals surface area contributed by atoms with Crippen molar-refractivity contribution < 1.29 is 9.13 Å². The first-order chi connectivity index (χ1) is 9.79. The summed E-state index contributed by atoms with van der Waals surface area (Å²) in [6, 6.07) is 13.3. The molecular formula is C17H18FNO. The summed E-state index contributed by atoms with van der Waals surface area (Å²) >= 11 is 0. The second-order valence-electron chi connectivity index (χ2n) is 5.18. The highest BCUT2D eigenvalue weighted by Gasteiger charge is 2.26. The summed E-state index contributed by atoms with van der Waals surface area (Å²) in [5.74, 6) is 0.433. The minimum Gasteiger partial charge on any atom is -0.490 e. The highest BCUT2D eigenvalue weighted by molar-refractivity contribution is 5.41. The molecular weight excluding hydrogens is 253 g/mol. The van der Waals surface area contributed by atoms with Crippen LogP contribution < -0.4 is 10.5 Å². The topological polar surface area (TPSA) is 35.2 Å². The first kappa shape index (κ1) is 13.1. The van der Waals surface area contributed by atoms with Gasteiger partial charge in [0, 0.05) is 5.92 Å². The third-order valence-corrected chi connectivity index (χ3v) is 3.85. The van der Waals surface area contributed by atoms with Crippen molar-refractivity contribution in [1.82, 2.24) is 0 Å². The fourth-order valence-corrected chi connectivity index (χ4v) is 2.76. The van der Waals surface area contributed by atoms with Gasteiger partial charge in [-0.2, -0.15) is 0 Å². The normalized spacial score (nSPS) is 16.4. The third-order valence-electron chi connectivity index (χ3n) is 3.85. The van der Waals surface area contributed by atoms with Gasteiger partial charge in [-0.3, -0.25) is 0 Å². The maximum absolute atomic E-state index is 13.9. The fourth-order valence-electron chi connectivity index (χ4n) is 2.76. The van der Waals surface area contributed by atoms with E-state index in [2.05, 4.69) is 12.1 Å². The second-order valence-corrected chi connectivity index (χ2v) is 5.18. The van der Waals surface area contributed by atoms with Gasteiger partial charge in [-0.05, 0) is 42.1 Å². The van der Waals surface area contributed by atoms with E-state index >= 15 is 0 Å². The SMILES string of the molecule is NCCc1cccc(F)c1OCC1Cc2ccccc21. The molecule has 0 fully saturated rings. The van der Waals surface area contributed by atoms with Crippen LogP contribution in [0, 0.1) is 5.82 Å². The van der Waals surface area contributed by atoms with Crippen LogP contribution in [0.3, 0.4) is 0 Å². The molecule has 0 saturated heterocycles. The summed E-state index contributed by atoms with van der Waals surface area (Å²) in [4.78, 5) is 0. The molecule has 1 aliphatic carbocycles. The molecule has 2 aromatic rings. The van der Waals surface area contributed by atoms with E-state index in [-0.39, 0.29) is 5.82 Å². The molecule has 0 radical (unpaired) electrons. The summed E-state index contributed by atoms with van der Waals surface area (Å²) in [7, 11) is 0. The lowest BCUT2D eigenvalue weighted by Crippen LogP contribution is -2.23. The Labute approximate surface area is 118 Å². The minimum atomic E-state index is -0.302. The average molecular weight is 271 g/mol. The molecule has 0 saturated carbocycles. The van der Waals surface area contributed by atoms with Gasteiger partial charge in [-0.25, -0.2) is 4.39 Å². The van der Waals surface area contributed by atoms with Crippen molar-refractivity contribution in [2.45, 2.75) is 18.8 Å². The van der Waals surface area contributed by atoms with Crippen molar-refractivity contribution in [2.75, 3.05) is 13.2 Å². The Kier molecular flexibility index (Phi) is 3.70. The van der Waals surface area contributed by atoms with E-state index in [1.807, 2.05) is 18.2 Å². The molecule has 2 nitrogen and oxygen atoms in total. The highest BCUT2D eigenvalue weighted by atomic mass is 19.1. The molecule has 1 atom stereocenters. The lowest BCUT2D eigenvalue weighted by Gasteiger charge is -2.30. The number of fused-ring (bicyclic) bond motifs is 1. The lowest BCUT2D eigenvalue weighted by molar-refractivity contribution is 0.261. The number of hydrogen-bond donors (Lipinski definition) is 1. The van der Waals surface area contributed by atoms with Crippen LogP contribution in [-0.4, -0.2) is 13.2 Å². The van der Waals surface area contributed by atoms with Crippen LogP contribution in [0.15, 0.2) is 42.5 Å². The van der Waals surface area contributed by atoms with Gasteiger partial charge >= 0.3 is 0 Å². The van der Waals surface area contributed by atoms with Gasteiger partial charge < -0.3 is 10.5 Å². The van der Waals surface area contributed by atoms with Crippen molar-refractivity contribution in [1.29, 1.82) is 0 Å². The van der Waals surface area contributed by atoms with E-state index in [0.29, 0.717) is 31.2 Å². The molecule has 0 amide bonds. The molecule has 20 heavy (non-hydrogen) atoms. The molecule has 3 rings (SSSR count). The van der Waals surface area contributed by atoms with Gasteiger partial charge in [-0.15, -0.1) is 0 Å². The molecule has 0 aliphatic heterocycles. The molecule has 3 heteroatoms. The standard InChI is InChI=1S/C17H18FNO/c18-16-7-3-5-12(8-9-19)17(16)20-11-14-10-13-4-1-2-6-15(13)14/h1-7,14H,8-11,19H2. The van der Waals surface area contributed by atoms with Crippen LogP contribution in [0.5, 0.6) is 5.75 Å². The Bertz CT molecular complexity index is 612.